The molecular formula is C31H25BrN2. The second kappa shape index (κ2) is 8.18. The summed E-state index contributed by atoms with van der Waals surface area (Å²) in [6, 6.07) is 28.0. The number of halogens is 1. The van der Waals surface area contributed by atoms with Crippen LogP contribution >= 0.6 is 15.9 Å². The van der Waals surface area contributed by atoms with Crippen molar-refractivity contribution in [1.29, 1.82) is 0 Å². The lowest BCUT2D eigenvalue weighted by atomic mass is 9.82. The van der Waals surface area contributed by atoms with Gasteiger partial charge in [-0.2, -0.15) is 0 Å². The molecule has 0 atom stereocenters. The summed E-state index contributed by atoms with van der Waals surface area (Å²) in [4.78, 5) is 10.0. The molecule has 2 aliphatic rings. The van der Waals surface area contributed by atoms with Crippen molar-refractivity contribution < 1.29 is 0 Å². The minimum Gasteiger partial charge on any atom is -0.228 e. The zero-order valence-corrected chi connectivity index (χ0v) is 20.9. The van der Waals surface area contributed by atoms with E-state index in [1.165, 1.54) is 32.3 Å². The molecule has 6 rings (SSSR count). The summed E-state index contributed by atoms with van der Waals surface area (Å²) in [5, 5.41) is 0. The highest BCUT2D eigenvalue weighted by Gasteiger charge is 2.35. The molecule has 0 saturated carbocycles. The molecule has 0 bridgehead atoms. The van der Waals surface area contributed by atoms with Crippen molar-refractivity contribution in [2.45, 2.75) is 32.1 Å². The summed E-state index contributed by atoms with van der Waals surface area (Å²) in [6.45, 7) is 4.63. The van der Waals surface area contributed by atoms with E-state index in [9.17, 15) is 0 Å². The topological polar surface area (TPSA) is 25.8 Å². The molecule has 0 radical (unpaired) electrons. The van der Waals surface area contributed by atoms with E-state index in [1.54, 1.807) is 0 Å². The van der Waals surface area contributed by atoms with Gasteiger partial charge in [0.15, 0.2) is 5.82 Å². The van der Waals surface area contributed by atoms with Crippen LogP contribution in [0.2, 0.25) is 0 Å². The smallest absolute Gasteiger partial charge is 0.160 e. The van der Waals surface area contributed by atoms with Gasteiger partial charge in [-0.3, -0.25) is 0 Å². The first-order chi connectivity index (χ1) is 16.5. The molecule has 0 fully saturated rings. The van der Waals surface area contributed by atoms with Gasteiger partial charge in [-0.15, -0.1) is 0 Å². The van der Waals surface area contributed by atoms with Crippen LogP contribution in [0, 0.1) is 0 Å². The zero-order chi connectivity index (χ0) is 23.3. The number of hydrogen-bond donors (Lipinski definition) is 0. The summed E-state index contributed by atoms with van der Waals surface area (Å²) in [7, 11) is 0. The summed E-state index contributed by atoms with van der Waals surface area (Å²) in [5.74, 6) is 0.767. The molecule has 166 valence electrons. The lowest BCUT2D eigenvalue weighted by Gasteiger charge is -2.21. The van der Waals surface area contributed by atoms with Gasteiger partial charge in [0.1, 0.15) is 0 Å². The van der Waals surface area contributed by atoms with Gasteiger partial charge in [-0.05, 0) is 57.3 Å². The third-order valence-corrected chi connectivity index (χ3v) is 7.73. The van der Waals surface area contributed by atoms with E-state index in [-0.39, 0.29) is 5.41 Å². The predicted molar refractivity (Wildman–Crippen MR) is 145 cm³/mol. The molecule has 1 heterocycles. The lowest BCUT2D eigenvalue weighted by Crippen LogP contribution is -2.14. The van der Waals surface area contributed by atoms with Crippen LogP contribution in [0.3, 0.4) is 0 Å². The number of rotatable bonds is 3. The van der Waals surface area contributed by atoms with Crippen LogP contribution in [-0.2, 0) is 5.41 Å². The molecular weight excluding hydrogens is 480 g/mol. The molecule has 0 unspecified atom stereocenters. The van der Waals surface area contributed by atoms with E-state index >= 15 is 0 Å². The van der Waals surface area contributed by atoms with Crippen molar-refractivity contribution in [3.63, 3.8) is 0 Å². The Balaban J connectivity index is 1.53. The number of benzene rings is 3. The van der Waals surface area contributed by atoms with Crippen molar-refractivity contribution in [2.75, 3.05) is 0 Å². The van der Waals surface area contributed by atoms with Gasteiger partial charge in [-0.1, -0.05) is 109 Å². The van der Waals surface area contributed by atoms with E-state index in [4.69, 9.17) is 9.97 Å². The highest BCUT2D eigenvalue weighted by molar-refractivity contribution is 9.11. The zero-order valence-electron chi connectivity index (χ0n) is 19.3. The van der Waals surface area contributed by atoms with Gasteiger partial charge in [0.2, 0.25) is 0 Å². The fraction of sp³-hybridized carbons (Fsp3) is 0.161. The predicted octanol–water partition coefficient (Wildman–Crippen LogP) is 8.57. The Morgan fingerprint density at radius 3 is 2.21 bits per heavy atom. The fourth-order valence-corrected chi connectivity index (χ4v) is 5.51. The molecule has 0 amide bonds. The Bertz CT molecular complexity index is 1480. The molecule has 2 aliphatic carbocycles. The first kappa shape index (κ1) is 21.2. The number of aromatic nitrogens is 2. The average Bonchev–Trinajstić information content (AvgIpc) is 3.11. The minimum absolute atomic E-state index is 0.00309. The van der Waals surface area contributed by atoms with E-state index in [0.717, 1.165) is 41.2 Å². The van der Waals surface area contributed by atoms with Crippen LogP contribution in [0.25, 0.3) is 39.3 Å². The van der Waals surface area contributed by atoms with Gasteiger partial charge < -0.3 is 0 Å². The van der Waals surface area contributed by atoms with Crippen LogP contribution < -0.4 is 0 Å². The van der Waals surface area contributed by atoms with Gasteiger partial charge in [0.05, 0.1) is 11.4 Å². The number of fused-ring (bicyclic) bond motifs is 3. The van der Waals surface area contributed by atoms with Crippen molar-refractivity contribution in [1.82, 2.24) is 9.97 Å². The third kappa shape index (κ3) is 3.56. The maximum atomic E-state index is 5.04. The van der Waals surface area contributed by atoms with Crippen molar-refractivity contribution in [3.05, 3.63) is 112 Å². The molecule has 3 heteroatoms. The molecule has 4 aromatic rings. The maximum Gasteiger partial charge on any atom is 0.160 e. The first-order valence-corrected chi connectivity index (χ1v) is 12.5. The monoisotopic (exact) mass is 504 g/mol. The summed E-state index contributed by atoms with van der Waals surface area (Å²) >= 11 is 3.63. The number of allylic oxidation sites excluding steroid dienone is 4. The fourth-order valence-electron chi connectivity index (χ4n) is 5.18. The van der Waals surface area contributed by atoms with Crippen molar-refractivity contribution in [2.24, 2.45) is 0 Å². The first-order valence-electron chi connectivity index (χ1n) is 11.8. The molecule has 34 heavy (non-hydrogen) atoms. The van der Waals surface area contributed by atoms with Gasteiger partial charge in [-0.25, -0.2) is 9.97 Å². The molecule has 0 spiro atoms. The van der Waals surface area contributed by atoms with Crippen molar-refractivity contribution >= 4 is 21.5 Å². The molecule has 1 aromatic heterocycles. The molecule has 2 nitrogen and oxygen atoms in total. The Labute approximate surface area is 209 Å². The third-order valence-electron chi connectivity index (χ3n) is 7.06. The van der Waals surface area contributed by atoms with Gasteiger partial charge in [0.25, 0.3) is 0 Å². The Morgan fingerprint density at radius 2 is 1.41 bits per heavy atom. The Kier molecular flexibility index (Phi) is 5.11. The molecule has 3 aromatic carbocycles. The van der Waals surface area contributed by atoms with E-state index in [0.29, 0.717) is 0 Å². The normalized spacial score (nSPS) is 15.9. The van der Waals surface area contributed by atoms with Gasteiger partial charge in [0, 0.05) is 16.5 Å². The van der Waals surface area contributed by atoms with E-state index in [2.05, 4.69) is 103 Å². The summed E-state index contributed by atoms with van der Waals surface area (Å²) in [6.07, 6.45) is 6.28. The Hall–Kier alpha value is -3.30. The van der Waals surface area contributed by atoms with Crippen LogP contribution in [0.5, 0.6) is 0 Å². The lowest BCUT2D eigenvalue weighted by molar-refractivity contribution is 0.660. The number of nitrogens with zero attached hydrogens (tertiary/aromatic N) is 2. The van der Waals surface area contributed by atoms with Crippen LogP contribution in [0.15, 0.2) is 95.5 Å². The highest BCUT2D eigenvalue weighted by Crippen LogP contribution is 2.49. The van der Waals surface area contributed by atoms with Gasteiger partial charge >= 0.3 is 0 Å². The second-order valence-electron chi connectivity index (χ2n) is 9.56. The highest BCUT2D eigenvalue weighted by atomic mass is 79.9. The van der Waals surface area contributed by atoms with Crippen LogP contribution in [-0.4, -0.2) is 9.97 Å². The number of hydrogen-bond acceptors (Lipinski definition) is 2. The maximum absolute atomic E-state index is 5.04. The summed E-state index contributed by atoms with van der Waals surface area (Å²) in [5.41, 5.74) is 10.8. The van der Waals surface area contributed by atoms with Crippen LogP contribution in [0.1, 0.15) is 43.5 Å². The summed E-state index contributed by atoms with van der Waals surface area (Å²) < 4.78 is 1.23. The second-order valence-corrected chi connectivity index (χ2v) is 10.6. The quantitative estimate of drug-likeness (QED) is 0.279. The molecule has 0 saturated heterocycles. The van der Waals surface area contributed by atoms with E-state index in [1.807, 2.05) is 18.2 Å². The average molecular weight is 505 g/mol. The van der Waals surface area contributed by atoms with E-state index < -0.39 is 0 Å². The Morgan fingerprint density at radius 1 is 0.676 bits per heavy atom. The van der Waals surface area contributed by atoms with Crippen LogP contribution in [0.4, 0.5) is 0 Å². The molecule has 0 N–H and O–H groups in total. The van der Waals surface area contributed by atoms with Crippen molar-refractivity contribution in [3.8, 4) is 33.8 Å². The largest absolute Gasteiger partial charge is 0.228 e. The SMILES string of the molecule is CC1(C)c2ccccc2-c2cc(-c3cc(C4=CC=C(Br)CC4)nc(-c4ccccc4)n3)ccc21. The standard InChI is InChI=1S/C31H25BrN2/c1-31(2)26-11-7-6-10-24(26)25-18-22(14-17-27(25)31)29-19-28(20-12-15-23(32)16-13-20)33-30(34-29)21-8-4-3-5-9-21/h3-12,14-15,17-19H,13,16H2,1-2H3. The minimum atomic E-state index is 0.00309. The molecule has 0 aliphatic heterocycles.